The lowest BCUT2D eigenvalue weighted by molar-refractivity contribution is -0.384. The van der Waals surface area contributed by atoms with Gasteiger partial charge in [0.05, 0.1) is 16.3 Å². The summed E-state index contributed by atoms with van der Waals surface area (Å²) in [6.45, 7) is 0. The van der Waals surface area contributed by atoms with E-state index in [9.17, 15) is 10.1 Å². The third-order valence-corrected chi connectivity index (χ3v) is 6.49. The molecular weight excluding hydrogens is 492 g/mol. The Kier molecular flexibility index (Phi) is 6.14. The van der Waals surface area contributed by atoms with Crippen molar-refractivity contribution in [2.45, 2.75) is 6.10 Å². The lowest BCUT2D eigenvalue weighted by Gasteiger charge is -2.12. The van der Waals surface area contributed by atoms with Gasteiger partial charge in [-0.3, -0.25) is 26.4 Å². The van der Waals surface area contributed by atoms with Crippen molar-refractivity contribution < 1.29 is 9.66 Å². The van der Waals surface area contributed by atoms with E-state index in [1.54, 1.807) is 12.1 Å². The first kappa shape index (κ1) is 23.8. The molecule has 0 radical (unpaired) electrons. The standard InChI is InChI=1S/C30H22N6O3/c31-30-28(35-33-26-17-7-11-20-9-2-4-15-24(20)26)27(29(39-30)21-12-5-13-22(18-21)36(37)38)34-32-25-16-6-10-19-8-1-3-14-23(19)25/h1-18,29,31-33H/b31-30?,34-27-,35-28-. The molecule has 39 heavy (non-hydrogen) atoms. The number of anilines is 2. The van der Waals surface area contributed by atoms with Gasteiger partial charge in [-0.25, -0.2) is 0 Å². The predicted molar refractivity (Wildman–Crippen MR) is 155 cm³/mol. The highest BCUT2D eigenvalue weighted by Gasteiger charge is 2.38. The Morgan fingerprint density at radius 2 is 1.31 bits per heavy atom. The van der Waals surface area contributed by atoms with Crippen molar-refractivity contribution in [1.82, 2.24) is 0 Å². The summed E-state index contributed by atoms with van der Waals surface area (Å²) in [4.78, 5) is 11.0. The van der Waals surface area contributed by atoms with E-state index in [1.807, 2.05) is 84.9 Å². The monoisotopic (exact) mass is 514 g/mol. The van der Waals surface area contributed by atoms with Gasteiger partial charge in [0, 0.05) is 28.5 Å². The number of nitro groups is 1. The van der Waals surface area contributed by atoms with Gasteiger partial charge in [-0.05, 0) is 22.9 Å². The van der Waals surface area contributed by atoms with Crippen LogP contribution in [-0.4, -0.2) is 22.2 Å². The zero-order valence-electron chi connectivity index (χ0n) is 20.5. The Hall–Kier alpha value is -5.57. The summed E-state index contributed by atoms with van der Waals surface area (Å²) in [5.41, 5.74) is 8.62. The summed E-state index contributed by atoms with van der Waals surface area (Å²) in [5.74, 6) is -0.197. The zero-order valence-corrected chi connectivity index (χ0v) is 20.5. The van der Waals surface area contributed by atoms with E-state index in [4.69, 9.17) is 10.1 Å². The summed E-state index contributed by atoms with van der Waals surface area (Å²) >= 11 is 0. The van der Waals surface area contributed by atoms with Gasteiger partial charge < -0.3 is 4.74 Å². The number of nitrogens with zero attached hydrogens (tertiary/aromatic N) is 3. The van der Waals surface area contributed by atoms with Crippen molar-refractivity contribution in [1.29, 1.82) is 5.41 Å². The van der Waals surface area contributed by atoms with Crippen LogP contribution >= 0.6 is 0 Å². The minimum Gasteiger partial charge on any atom is -0.461 e. The summed E-state index contributed by atoms with van der Waals surface area (Å²) < 4.78 is 5.88. The van der Waals surface area contributed by atoms with Crippen LogP contribution in [0.2, 0.25) is 0 Å². The molecule has 1 unspecified atom stereocenters. The van der Waals surface area contributed by atoms with Crippen LogP contribution in [0.25, 0.3) is 21.5 Å². The number of hydrogen-bond donors (Lipinski definition) is 3. The number of fused-ring (bicyclic) bond motifs is 2. The molecule has 190 valence electrons. The van der Waals surface area contributed by atoms with Gasteiger partial charge in [0.1, 0.15) is 5.71 Å². The van der Waals surface area contributed by atoms with E-state index in [1.165, 1.54) is 12.1 Å². The van der Waals surface area contributed by atoms with Crippen LogP contribution < -0.4 is 10.9 Å². The van der Waals surface area contributed by atoms with Crippen LogP contribution in [0.5, 0.6) is 0 Å². The Morgan fingerprint density at radius 1 is 0.744 bits per heavy atom. The average Bonchev–Trinajstić information content (AvgIpc) is 3.29. The summed E-state index contributed by atoms with van der Waals surface area (Å²) in [6, 6.07) is 33.6. The molecule has 1 aliphatic rings. The highest BCUT2D eigenvalue weighted by Crippen LogP contribution is 2.31. The fraction of sp³-hybridized carbons (Fsp3) is 0.0333. The highest BCUT2D eigenvalue weighted by molar-refractivity contribution is 6.69. The smallest absolute Gasteiger partial charge is 0.269 e. The molecule has 1 fully saturated rings. The number of hydrazone groups is 2. The molecule has 1 heterocycles. The van der Waals surface area contributed by atoms with Crippen molar-refractivity contribution in [2.75, 3.05) is 10.9 Å². The molecule has 6 rings (SSSR count). The van der Waals surface area contributed by atoms with Gasteiger partial charge in [-0.15, -0.1) is 0 Å². The highest BCUT2D eigenvalue weighted by atomic mass is 16.6. The molecule has 0 amide bonds. The van der Waals surface area contributed by atoms with Gasteiger partial charge in [0.2, 0.25) is 5.90 Å². The van der Waals surface area contributed by atoms with Crippen LogP contribution in [0.15, 0.2) is 119 Å². The maximum Gasteiger partial charge on any atom is 0.269 e. The SMILES string of the molecule is N=C1OC(c2cccc([N+](=O)[O-])c2)C(=N\Nc2cccc3ccccc23)/C1=N/Nc1cccc2ccccc12. The molecule has 1 saturated heterocycles. The van der Waals surface area contributed by atoms with E-state index in [-0.39, 0.29) is 17.3 Å². The lowest BCUT2D eigenvalue weighted by Crippen LogP contribution is -2.19. The Morgan fingerprint density at radius 3 is 1.95 bits per heavy atom. The largest absolute Gasteiger partial charge is 0.461 e. The lowest BCUT2D eigenvalue weighted by atomic mass is 10.0. The van der Waals surface area contributed by atoms with Crippen LogP contribution in [0.3, 0.4) is 0 Å². The number of hydrogen-bond acceptors (Lipinski definition) is 8. The van der Waals surface area contributed by atoms with E-state index in [0.717, 1.165) is 32.9 Å². The summed E-state index contributed by atoms with van der Waals surface area (Å²) in [5, 5.41) is 33.2. The number of nitro benzene ring substituents is 1. The molecule has 5 aromatic rings. The molecule has 0 spiro atoms. The number of benzene rings is 5. The van der Waals surface area contributed by atoms with E-state index >= 15 is 0 Å². The minimum atomic E-state index is -0.868. The second kappa shape index (κ2) is 10.1. The van der Waals surface area contributed by atoms with Gasteiger partial charge in [0.15, 0.2) is 11.8 Å². The minimum absolute atomic E-state index is 0.0803. The third-order valence-electron chi connectivity index (χ3n) is 6.49. The fourth-order valence-corrected chi connectivity index (χ4v) is 4.60. The zero-order chi connectivity index (χ0) is 26.8. The molecule has 0 saturated carbocycles. The molecule has 9 nitrogen and oxygen atoms in total. The summed E-state index contributed by atoms with van der Waals surface area (Å²) in [6.07, 6.45) is -0.868. The van der Waals surface area contributed by atoms with Crippen molar-refractivity contribution in [3.63, 3.8) is 0 Å². The molecule has 0 bridgehead atoms. The number of ether oxygens (including phenoxy) is 1. The quantitative estimate of drug-likeness (QED) is 0.168. The Balaban J connectivity index is 1.42. The van der Waals surface area contributed by atoms with Crippen LogP contribution in [-0.2, 0) is 4.74 Å². The van der Waals surface area contributed by atoms with Crippen molar-refractivity contribution in [3.05, 3.63) is 125 Å². The summed E-state index contributed by atoms with van der Waals surface area (Å²) in [7, 11) is 0. The molecule has 5 aromatic carbocycles. The maximum atomic E-state index is 11.4. The van der Waals surface area contributed by atoms with Gasteiger partial charge in [0.25, 0.3) is 5.69 Å². The third kappa shape index (κ3) is 4.64. The van der Waals surface area contributed by atoms with Crippen LogP contribution in [0.4, 0.5) is 17.1 Å². The number of rotatable bonds is 6. The second-order valence-corrected chi connectivity index (χ2v) is 8.91. The Labute approximate surface area is 223 Å². The number of nitrogens with one attached hydrogen (secondary N) is 3. The molecular formula is C30H22N6O3. The fourth-order valence-electron chi connectivity index (χ4n) is 4.60. The topological polar surface area (TPSA) is 125 Å². The van der Waals surface area contributed by atoms with Gasteiger partial charge in [-0.1, -0.05) is 84.9 Å². The van der Waals surface area contributed by atoms with E-state index < -0.39 is 11.0 Å². The van der Waals surface area contributed by atoms with Gasteiger partial charge in [-0.2, -0.15) is 10.2 Å². The molecule has 3 N–H and O–H groups in total. The molecule has 1 atom stereocenters. The van der Waals surface area contributed by atoms with Crippen LogP contribution in [0.1, 0.15) is 11.7 Å². The molecule has 1 aliphatic heterocycles. The van der Waals surface area contributed by atoms with E-state index in [2.05, 4.69) is 21.1 Å². The van der Waals surface area contributed by atoms with E-state index in [0.29, 0.717) is 11.3 Å². The van der Waals surface area contributed by atoms with Crippen LogP contribution in [0, 0.1) is 15.5 Å². The van der Waals surface area contributed by atoms with Crippen molar-refractivity contribution in [2.24, 2.45) is 10.2 Å². The Bertz CT molecular complexity index is 1800. The first-order valence-electron chi connectivity index (χ1n) is 12.2. The number of non-ortho nitro benzene ring substituents is 1. The molecule has 0 aliphatic carbocycles. The average molecular weight is 515 g/mol. The predicted octanol–water partition coefficient (Wildman–Crippen LogP) is 6.89. The second-order valence-electron chi connectivity index (χ2n) is 8.91. The van der Waals surface area contributed by atoms with Crippen molar-refractivity contribution in [3.8, 4) is 0 Å². The first-order chi connectivity index (χ1) is 19.1. The molecule has 9 heteroatoms. The first-order valence-corrected chi connectivity index (χ1v) is 12.2. The maximum absolute atomic E-state index is 11.4. The molecule has 0 aromatic heterocycles. The van der Waals surface area contributed by atoms with Crippen molar-refractivity contribution >= 4 is 55.9 Å². The van der Waals surface area contributed by atoms with Gasteiger partial charge >= 0.3 is 0 Å². The normalized spacial score (nSPS) is 17.0.